The van der Waals surface area contributed by atoms with Gasteiger partial charge in [-0.2, -0.15) is 0 Å². The lowest BCUT2D eigenvalue weighted by molar-refractivity contribution is 0.189. The lowest BCUT2D eigenvalue weighted by atomic mass is 10.1. The lowest BCUT2D eigenvalue weighted by Gasteiger charge is -2.20. The van der Waals surface area contributed by atoms with Crippen LogP contribution in [0.25, 0.3) is 0 Å². The molecule has 0 bridgehead atoms. The molecule has 0 saturated carbocycles. The number of hydrogen-bond acceptors (Lipinski definition) is 3. The second-order valence-electron chi connectivity index (χ2n) is 3.78. The molecule has 0 saturated heterocycles. The molecule has 0 amide bonds. The van der Waals surface area contributed by atoms with Gasteiger partial charge in [0, 0.05) is 6.54 Å². The molecule has 0 aromatic heterocycles. The van der Waals surface area contributed by atoms with Crippen molar-refractivity contribution >= 4 is 29.0 Å². The molecule has 16 heavy (non-hydrogen) atoms. The summed E-state index contributed by atoms with van der Waals surface area (Å²) in [4.78, 5) is 4.30. The van der Waals surface area contributed by atoms with Crippen LogP contribution in [0.4, 0.5) is 0 Å². The van der Waals surface area contributed by atoms with Crippen molar-refractivity contribution in [3.05, 3.63) is 21.9 Å². The molecule has 1 unspecified atom stereocenters. The van der Waals surface area contributed by atoms with Crippen LogP contribution in [-0.2, 0) is 4.74 Å². The number of rotatable bonds is 3. The number of ether oxygens (including phenoxy) is 1. The number of nitrogens with zero attached hydrogens (tertiary/aromatic N) is 1. The first-order valence-electron chi connectivity index (χ1n) is 5.38. The summed E-state index contributed by atoms with van der Waals surface area (Å²) in [6, 6.07) is 0. The van der Waals surface area contributed by atoms with Crippen LogP contribution < -0.4 is 5.32 Å². The number of aliphatic imine (C=N–C) groups is 1. The maximum atomic E-state index is 6.10. The van der Waals surface area contributed by atoms with Gasteiger partial charge in [0.1, 0.15) is 5.84 Å². The molecular weight excluding hydrogens is 247 g/mol. The van der Waals surface area contributed by atoms with Crippen LogP contribution in [0, 0.1) is 0 Å². The first-order chi connectivity index (χ1) is 7.68. The highest BCUT2D eigenvalue weighted by Crippen LogP contribution is 2.31. The Hall–Kier alpha value is -0.670. The largest absolute Gasteiger partial charge is 0.480 e. The number of nitrogens with one attached hydrogen (secondary N) is 1. The fourth-order valence-electron chi connectivity index (χ4n) is 1.70. The molecule has 1 aliphatic heterocycles. The van der Waals surface area contributed by atoms with E-state index in [1.54, 1.807) is 0 Å². The van der Waals surface area contributed by atoms with Crippen molar-refractivity contribution in [3.8, 4) is 0 Å². The Bertz CT molecular complexity index is 374. The third kappa shape index (κ3) is 2.53. The molecule has 1 N–H and O–H groups in total. The maximum absolute atomic E-state index is 6.10. The van der Waals surface area contributed by atoms with Crippen molar-refractivity contribution in [3.63, 3.8) is 0 Å². The van der Waals surface area contributed by atoms with Gasteiger partial charge < -0.3 is 10.1 Å². The van der Waals surface area contributed by atoms with Crippen molar-refractivity contribution in [1.82, 2.24) is 5.32 Å². The Balaban J connectivity index is 2.06. The van der Waals surface area contributed by atoms with Gasteiger partial charge in [-0.3, -0.25) is 4.99 Å². The van der Waals surface area contributed by atoms with Crippen LogP contribution in [0.2, 0.25) is 0 Å². The average molecular weight is 261 g/mol. The molecule has 0 aromatic carbocycles. The third-order valence-electron chi connectivity index (χ3n) is 2.53. The Kier molecular flexibility index (Phi) is 3.77. The fraction of sp³-hybridized carbons (Fsp3) is 0.545. The minimum atomic E-state index is -0.133. The fourth-order valence-corrected chi connectivity index (χ4v) is 2.27. The topological polar surface area (TPSA) is 33.6 Å². The van der Waals surface area contributed by atoms with Crippen LogP contribution >= 0.6 is 23.2 Å². The molecule has 0 spiro atoms. The van der Waals surface area contributed by atoms with Crippen molar-refractivity contribution in [2.75, 3.05) is 13.1 Å². The van der Waals surface area contributed by atoms with Gasteiger partial charge in [-0.05, 0) is 19.8 Å². The SMILES string of the molecule is CC(OC1=C(Cl)CCC=C1Cl)C1=NCCN1. The highest BCUT2D eigenvalue weighted by atomic mass is 35.5. The lowest BCUT2D eigenvalue weighted by Crippen LogP contribution is -2.31. The van der Waals surface area contributed by atoms with Crippen molar-refractivity contribution in [1.29, 1.82) is 0 Å². The minimum absolute atomic E-state index is 0.133. The van der Waals surface area contributed by atoms with Gasteiger partial charge >= 0.3 is 0 Å². The molecule has 0 radical (unpaired) electrons. The summed E-state index contributed by atoms with van der Waals surface area (Å²) >= 11 is 12.2. The van der Waals surface area contributed by atoms with E-state index in [-0.39, 0.29) is 6.10 Å². The summed E-state index contributed by atoms with van der Waals surface area (Å²) in [5, 5.41) is 4.46. The number of amidine groups is 1. The van der Waals surface area contributed by atoms with E-state index in [0.29, 0.717) is 15.8 Å². The Labute approximate surface area is 105 Å². The van der Waals surface area contributed by atoms with Crippen LogP contribution in [0.3, 0.4) is 0 Å². The van der Waals surface area contributed by atoms with E-state index in [1.807, 2.05) is 13.0 Å². The van der Waals surface area contributed by atoms with Crippen molar-refractivity contribution in [2.24, 2.45) is 4.99 Å². The summed E-state index contributed by atoms with van der Waals surface area (Å²) in [6.07, 6.45) is 3.46. The zero-order chi connectivity index (χ0) is 11.5. The summed E-state index contributed by atoms with van der Waals surface area (Å²) in [7, 11) is 0. The average Bonchev–Trinajstić information content (AvgIpc) is 2.76. The molecule has 1 aliphatic carbocycles. The normalized spacial score (nSPS) is 22.4. The van der Waals surface area contributed by atoms with Gasteiger partial charge in [-0.25, -0.2) is 0 Å². The van der Waals surface area contributed by atoms with Gasteiger partial charge in [0.2, 0.25) is 0 Å². The van der Waals surface area contributed by atoms with Crippen LogP contribution in [0.15, 0.2) is 26.9 Å². The molecule has 1 atom stereocenters. The summed E-state index contributed by atoms with van der Waals surface area (Å²) in [5.41, 5.74) is 0. The quantitative estimate of drug-likeness (QED) is 0.847. The standard InChI is InChI=1S/C11H14Cl2N2O/c1-7(11-14-5-6-15-11)16-10-8(12)3-2-4-9(10)13/h3,7H,2,4-6H2,1H3,(H,14,15). The summed E-state index contributed by atoms with van der Waals surface area (Å²) < 4.78 is 5.75. The van der Waals surface area contributed by atoms with Gasteiger partial charge in [-0.15, -0.1) is 0 Å². The molecule has 0 fully saturated rings. The Morgan fingerprint density at radius 1 is 1.50 bits per heavy atom. The number of hydrogen-bond donors (Lipinski definition) is 1. The molecule has 2 rings (SSSR count). The molecule has 5 heteroatoms. The van der Waals surface area contributed by atoms with Gasteiger partial charge in [0.05, 0.1) is 16.6 Å². The first-order valence-corrected chi connectivity index (χ1v) is 6.13. The van der Waals surface area contributed by atoms with Crippen molar-refractivity contribution in [2.45, 2.75) is 25.9 Å². The van der Waals surface area contributed by atoms with E-state index in [1.165, 1.54) is 0 Å². The second-order valence-corrected chi connectivity index (χ2v) is 4.64. The molecule has 3 nitrogen and oxygen atoms in total. The summed E-state index contributed by atoms with van der Waals surface area (Å²) in [6.45, 7) is 3.62. The maximum Gasteiger partial charge on any atom is 0.153 e. The second kappa shape index (κ2) is 5.11. The van der Waals surface area contributed by atoms with Crippen LogP contribution in [0.5, 0.6) is 0 Å². The minimum Gasteiger partial charge on any atom is -0.480 e. The highest BCUT2D eigenvalue weighted by molar-refractivity contribution is 6.35. The number of allylic oxidation sites excluding steroid dienone is 3. The van der Waals surface area contributed by atoms with E-state index >= 15 is 0 Å². The predicted octanol–water partition coefficient (Wildman–Crippen LogP) is 2.76. The van der Waals surface area contributed by atoms with Crippen LogP contribution in [0.1, 0.15) is 19.8 Å². The molecular formula is C11H14Cl2N2O. The highest BCUT2D eigenvalue weighted by Gasteiger charge is 2.21. The summed E-state index contributed by atoms with van der Waals surface area (Å²) in [5.74, 6) is 1.46. The first kappa shape index (κ1) is 11.8. The molecule has 2 aliphatic rings. The predicted molar refractivity (Wildman–Crippen MR) is 66.9 cm³/mol. The van der Waals surface area contributed by atoms with Gasteiger partial charge in [-0.1, -0.05) is 29.3 Å². The smallest absolute Gasteiger partial charge is 0.153 e. The molecule has 88 valence electrons. The van der Waals surface area contributed by atoms with E-state index in [0.717, 1.165) is 31.8 Å². The van der Waals surface area contributed by atoms with Gasteiger partial charge in [0.25, 0.3) is 0 Å². The third-order valence-corrected chi connectivity index (χ3v) is 3.22. The van der Waals surface area contributed by atoms with E-state index in [4.69, 9.17) is 27.9 Å². The van der Waals surface area contributed by atoms with E-state index in [9.17, 15) is 0 Å². The zero-order valence-corrected chi connectivity index (χ0v) is 10.6. The van der Waals surface area contributed by atoms with E-state index < -0.39 is 0 Å². The zero-order valence-electron chi connectivity index (χ0n) is 9.09. The Morgan fingerprint density at radius 2 is 2.31 bits per heavy atom. The van der Waals surface area contributed by atoms with Crippen molar-refractivity contribution < 1.29 is 4.74 Å². The molecule has 0 aromatic rings. The number of halogens is 2. The monoisotopic (exact) mass is 260 g/mol. The Morgan fingerprint density at radius 3 is 2.94 bits per heavy atom. The van der Waals surface area contributed by atoms with E-state index in [2.05, 4.69) is 10.3 Å². The van der Waals surface area contributed by atoms with Gasteiger partial charge in [0.15, 0.2) is 11.9 Å². The van der Waals surface area contributed by atoms with Crippen LogP contribution in [-0.4, -0.2) is 25.0 Å². The molecule has 1 heterocycles.